The molecule has 0 amide bonds. The van der Waals surface area contributed by atoms with Crippen LogP contribution in [0.25, 0.3) is 11.0 Å². The van der Waals surface area contributed by atoms with Gasteiger partial charge in [0.1, 0.15) is 0 Å². The summed E-state index contributed by atoms with van der Waals surface area (Å²) >= 11 is 0. The molecular weight excluding hydrogens is 198 g/mol. The minimum absolute atomic E-state index is 0.992. The van der Waals surface area contributed by atoms with E-state index < -0.39 is 0 Å². The Morgan fingerprint density at radius 2 is 1.88 bits per heavy atom. The van der Waals surface area contributed by atoms with Crippen LogP contribution in [-0.4, -0.2) is 35.1 Å². The lowest BCUT2D eigenvalue weighted by Crippen LogP contribution is -2.17. The van der Waals surface area contributed by atoms with Gasteiger partial charge in [-0.05, 0) is 51.2 Å². The number of aromatic nitrogens is 2. The third kappa shape index (κ3) is 2.09. The van der Waals surface area contributed by atoms with Crippen molar-refractivity contribution in [3.05, 3.63) is 29.6 Å². The molecule has 3 nitrogen and oxygen atoms in total. The fourth-order valence-corrected chi connectivity index (χ4v) is 1.80. The molecule has 2 rings (SSSR count). The summed E-state index contributed by atoms with van der Waals surface area (Å²) in [6.07, 6.45) is 1.94. The molecule has 0 unspecified atom stereocenters. The summed E-state index contributed by atoms with van der Waals surface area (Å²) in [6, 6.07) is 4.39. The Hall–Kier alpha value is -1.35. The fraction of sp³-hybridized carbons (Fsp3) is 0.462. The number of imidazole rings is 1. The average Bonchev–Trinajstić information content (AvgIpc) is 2.58. The standard InChI is InChI=1S/C13H19N3/c1-10-7-12-13(8-11(10)2)16(9-14-12)6-5-15(3)4/h7-9H,5-6H2,1-4H3. The SMILES string of the molecule is Cc1cc2ncn(CCN(C)C)c2cc1C. The second-order valence-electron chi connectivity index (χ2n) is 4.67. The van der Waals surface area contributed by atoms with Gasteiger partial charge in [-0.15, -0.1) is 0 Å². The lowest BCUT2D eigenvalue weighted by molar-refractivity contribution is 0.386. The number of hydrogen-bond acceptors (Lipinski definition) is 2. The first-order valence-electron chi connectivity index (χ1n) is 5.65. The maximum atomic E-state index is 4.44. The maximum Gasteiger partial charge on any atom is 0.0958 e. The van der Waals surface area contributed by atoms with Gasteiger partial charge in [-0.25, -0.2) is 4.98 Å². The van der Waals surface area contributed by atoms with Gasteiger partial charge in [0, 0.05) is 13.1 Å². The molecule has 0 spiro atoms. The summed E-state index contributed by atoms with van der Waals surface area (Å²) in [4.78, 5) is 6.63. The van der Waals surface area contributed by atoms with Crippen molar-refractivity contribution in [2.75, 3.05) is 20.6 Å². The molecule has 0 saturated carbocycles. The van der Waals surface area contributed by atoms with E-state index in [0.29, 0.717) is 0 Å². The highest BCUT2D eigenvalue weighted by molar-refractivity contribution is 5.77. The van der Waals surface area contributed by atoms with Crippen LogP contribution in [0.2, 0.25) is 0 Å². The molecule has 0 saturated heterocycles. The van der Waals surface area contributed by atoms with Crippen LogP contribution in [-0.2, 0) is 6.54 Å². The average molecular weight is 217 g/mol. The molecule has 0 aliphatic rings. The van der Waals surface area contributed by atoms with Gasteiger partial charge in [0.15, 0.2) is 0 Å². The first kappa shape index (κ1) is 11.1. The zero-order valence-corrected chi connectivity index (χ0v) is 10.5. The molecule has 0 radical (unpaired) electrons. The quantitative estimate of drug-likeness (QED) is 0.786. The Labute approximate surface area is 96.7 Å². The van der Waals surface area contributed by atoms with Gasteiger partial charge >= 0.3 is 0 Å². The number of likely N-dealkylation sites (N-methyl/N-ethyl adjacent to an activating group) is 1. The van der Waals surface area contributed by atoms with Crippen LogP contribution >= 0.6 is 0 Å². The predicted molar refractivity (Wildman–Crippen MR) is 67.8 cm³/mol. The second kappa shape index (κ2) is 4.26. The third-order valence-electron chi connectivity index (χ3n) is 3.02. The van der Waals surface area contributed by atoms with Gasteiger partial charge in [0.2, 0.25) is 0 Å². The summed E-state index contributed by atoms with van der Waals surface area (Å²) in [5, 5.41) is 0. The first-order valence-corrected chi connectivity index (χ1v) is 5.65. The summed E-state index contributed by atoms with van der Waals surface area (Å²) in [7, 11) is 4.18. The summed E-state index contributed by atoms with van der Waals surface area (Å²) in [6.45, 7) is 6.32. The molecule has 0 aliphatic carbocycles. The zero-order valence-electron chi connectivity index (χ0n) is 10.5. The van der Waals surface area contributed by atoms with Crippen molar-refractivity contribution in [3.63, 3.8) is 0 Å². The van der Waals surface area contributed by atoms with Crippen LogP contribution in [0.1, 0.15) is 11.1 Å². The monoisotopic (exact) mass is 217 g/mol. The highest BCUT2D eigenvalue weighted by Crippen LogP contribution is 2.18. The van der Waals surface area contributed by atoms with Crippen molar-refractivity contribution in [1.29, 1.82) is 0 Å². The molecule has 0 fully saturated rings. The molecule has 1 heterocycles. The van der Waals surface area contributed by atoms with Gasteiger partial charge in [-0.2, -0.15) is 0 Å². The number of rotatable bonds is 3. The normalized spacial score (nSPS) is 11.6. The Kier molecular flexibility index (Phi) is 2.97. The van der Waals surface area contributed by atoms with E-state index in [1.807, 2.05) is 6.33 Å². The molecule has 1 aromatic heterocycles. The predicted octanol–water partition coefficient (Wildman–Crippen LogP) is 2.21. The Morgan fingerprint density at radius 1 is 1.19 bits per heavy atom. The molecule has 0 aliphatic heterocycles. The van der Waals surface area contributed by atoms with E-state index in [9.17, 15) is 0 Å². The van der Waals surface area contributed by atoms with Crippen LogP contribution < -0.4 is 0 Å². The van der Waals surface area contributed by atoms with Crippen molar-refractivity contribution < 1.29 is 0 Å². The number of benzene rings is 1. The fourth-order valence-electron chi connectivity index (χ4n) is 1.80. The molecule has 0 bridgehead atoms. The van der Waals surface area contributed by atoms with Gasteiger partial charge in [0.05, 0.1) is 17.4 Å². The minimum Gasteiger partial charge on any atom is -0.329 e. The van der Waals surface area contributed by atoms with Crippen LogP contribution in [0.4, 0.5) is 0 Å². The van der Waals surface area contributed by atoms with Crippen molar-refractivity contribution in [2.45, 2.75) is 20.4 Å². The second-order valence-corrected chi connectivity index (χ2v) is 4.67. The van der Waals surface area contributed by atoms with Crippen molar-refractivity contribution in [1.82, 2.24) is 14.5 Å². The van der Waals surface area contributed by atoms with Gasteiger partial charge in [-0.3, -0.25) is 0 Å². The van der Waals surface area contributed by atoms with Crippen LogP contribution in [0.15, 0.2) is 18.5 Å². The van der Waals surface area contributed by atoms with Crippen LogP contribution in [0, 0.1) is 13.8 Å². The Morgan fingerprint density at radius 3 is 2.56 bits per heavy atom. The molecule has 0 atom stereocenters. The van der Waals surface area contributed by atoms with Crippen LogP contribution in [0.3, 0.4) is 0 Å². The first-order chi connectivity index (χ1) is 7.58. The van der Waals surface area contributed by atoms with E-state index in [1.165, 1.54) is 16.6 Å². The smallest absolute Gasteiger partial charge is 0.0958 e. The van der Waals surface area contributed by atoms with Gasteiger partial charge in [-0.1, -0.05) is 0 Å². The van der Waals surface area contributed by atoms with Crippen molar-refractivity contribution >= 4 is 11.0 Å². The maximum absolute atomic E-state index is 4.44. The van der Waals surface area contributed by atoms with Crippen LogP contribution in [0.5, 0.6) is 0 Å². The van der Waals surface area contributed by atoms with E-state index in [2.05, 4.69) is 54.5 Å². The van der Waals surface area contributed by atoms with E-state index in [-0.39, 0.29) is 0 Å². The molecule has 86 valence electrons. The summed E-state index contributed by atoms with van der Waals surface area (Å²) < 4.78 is 2.22. The summed E-state index contributed by atoms with van der Waals surface area (Å²) in [5.74, 6) is 0. The largest absolute Gasteiger partial charge is 0.329 e. The highest BCUT2D eigenvalue weighted by Gasteiger charge is 2.04. The van der Waals surface area contributed by atoms with E-state index in [1.54, 1.807) is 0 Å². The molecular formula is C13H19N3. The van der Waals surface area contributed by atoms with Crippen molar-refractivity contribution in [2.24, 2.45) is 0 Å². The van der Waals surface area contributed by atoms with Crippen molar-refractivity contribution in [3.8, 4) is 0 Å². The lowest BCUT2D eigenvalue weighted by Gasteiger charge is -2.10. The third-order valence-corrected chi connectivity index (χ3v) is 3.02. The lowest BCUT2D eigenvalue weighted by atomic mass is 10.1. The Balaban J connectivity index is 2.36. The highest BCUT2D eigenvalue weighted by atomic mass is 15.1. The zero-order chi connectivity index (χ0) is 11.7. The van der Waals surface area contributed by atoms with E-state index in [4.69, 9.17) is 0 Å². The van der Waals surface area contributed by atoms with E-state index >= 15 is 0 Å². The topological polar surface area (TPSA) is 21.1 Å². The number of aryl methyl sites for hydroxylation is 2. The molecule has 3 heteroatoms. The minimum atomic E-state index is 0.992. The van der Waals surface area contributed by atoms with Gasteiger partial charge < -0.3 is 9.47 Å². The van der Waals surface area contributed by atoms with Gasteiger partial charge in [0.25, 0.3) is 0 Å². The summed E-state index contributed by atoms with van der Waals surface area (Å²) in [5.41, 5.74) is 4.98. The number of fused-ring (bicyclic) bond motifs is 1. The molecule has 1 aromatic carbocycles. The number of nitrogens with zero attached hydrogens (tertiary/aromatic N) is 3. The molecule has 16 heavy (non-hydrogen) atoms. The Bertz CT molecular complexity index is 497. The molecule has 0 N–H and O–H groups in total. The molecule has 2 aromatic rings. The van der Waals surface area contributed by atoms with E-state index in [0.717, 1.165) is 18.6 Å². The number of hydrogen-bond donors (Lipinski definition) is 0.